The number of guanidine groups is 1. The van der Waals surface area contributed by atoms with Crippen molar-refractivity contribution < 1.29 is 39.0 Å². The number of aliphatic carboxylic acids is 2. The quantitative estimate of drug-likeness (QED) is 0.0349. The van der Waals surface area contributed by atoms with Crippen LogP contribution in [0, 0.1) is 0 Å². The maximum Gasteiger partial charge on any atom is 0.326 e. The Hall–Kier alpha value is -3.60. The van der Waals surface area contributed by atoms with Crippen molar-refractivity contribution in [2.24, 2.45) is 27.9 Å². The number of carboxylic acid groups (broad SMARTS) is 2. The van der Waals surface area contributed by atoms with Crippen LogP contribution in [0.1, 0.15) is 38.5 Å². The third-order valence-corrected chi connectivity index (χ3v) is 5.08. The van der Waals surface area contributed by atoms with Crippen LogP contribution >= 0.6 is 12.6 Å². The molecule has 4 unspecified atom stereocenters. The first-order chi connectivity index (χ1) is 16.8. The number of nitrogens with two attached hydrogens (primary N) is 4. The minimum Gasteiger partial charge on any atom is -0.481 e. The van der Waals surface area contributed by atoms with Gasteiger partial charge in [0.05, 0.1) is 6.04 Å². The van der Waals surface area contributed by atoms with Crippen molar-refractivity contribution in [3.05, 3.63) is 0 Å². The molecule has 4 atom stereocenters. The maximum absolute atomic E-state index is 12.9. The number of aliphatic imine (C=N–C) groups is 1. The van der Waals surface area contributed by atoms with E-state index in [0.717, 1.165) is 0 Å². The molecular formula is C19H34N8O8S. The second-order valence-corrected chi connectivity index (χ2v) is 8.06. The molecule has 36 heavy (non-hydrogen) atoms. The molecule has 0 aromatic rings. The summed E-state index contributed by atoms with van der Waals surface area (Å²) in [4.78, 5) is 75.1. The van der Waals surface area contributed by atoms with Gasteiger partial charge in [0.2, 0.25) is 23.6 Å². The normalized spacial score (nSPS) is 13.8. The fourth-order valence-corrected chi connectivity index (χ4v) is 2.93. The van der Waals surface area contributed by atoms with Crippen LogP contribution in [0.5, 0.6) is 0 Å². The Balaban J connectivity index is 5.62. The summed E-state index contributed by atoms with van der Waals surface area (Å²) in [5.41, 5.74) is 21.2. The molecule has 0 rings (SSSR count). The zero-order valence-electron chi connectivity index (χ0n) is 19.5. The highest BCUT2D eigenvalue weighted by Gasteiger charge is 2.30. The van der Waals surface area contributed by atoms with E-state index in [4.69, 9.17) is 28.0 Å². The fourth-order valence-electron chi connectivity index (χ4n) is 2.76. The van der Waals surface area contributed by atoms with E-state index in [1.165, 1.54) is 0 Å². The van der Waals surface area contributed by atoms with Crippen LogP contribution in [0.4, 0.5) is 0 Å². The van der Waals surface area contributed by atoms with Crippen LogP contribution in [-0.4, -0.2) is 88.2 Å². The summed E-state index contributed by atoms with van der Waals surface area (Å²) in [5.74, 6) is -6.26. The van der Waals surface area contributed by atoms with Crippen LogP contribution in [0.3, 0.4) is 0 Å². The van der Waals surface area contributed by atoms with Crippen LogP contribution < -0.4 is 38.9 Å². The highest BCUT2D eigenvalue weighted by molar-refractivity contribution is 7.80. The average Bonchev–Trinajstić information content (AvgIpc) is 2.79. The van der Waals surface area contributed by atoms with Crippen LogP contribution in [0.25, 0.3) is 0 Å². The van der Waals surface area contributed by atoms with Gasteiger partial charge in [0, 0.05) is 25.1 Å². The van der Waals surface area contributed by atoms with Gasteiger partial charge in [0.1, 0.15) is 18.1 Å². The highest BCUT2D eigenvalue weighted by atomic mass is 32.1. The first-order valence-electron chi connectivity index (χ1n) is 10.8. The summed E-state index contributed by atoms with van der Waals surface area (Å²) in [6.07, 6.45) is -1.31. The summed E-state index contributed by atoms with van der Waals surface area (Å²) in [6, 6.07) is -5.23. The zero-order chi connectivity index (χ0) is 27.8. The van der Waals surface area contributed by atoms with Gasteiger partial charge >= 0.3 is 11.9 Å². The minimum atomic E-state index is -1.52. The van der Waals surface area contributed by atoms with Gasteiger partial charge in [0.15, 0.2) is 5.96 Å². The van der Waals surface area contributed by atoms with Gasteiger partial charge in [-0.2, -0.15) is 12.6 Å². The van der Waals surface area contributed by atoms with E-state index in [0.29, 0.717) is 0 Å². The number of carbonyl (C=O) groups is 6. The fraction of sp³-hybridized carbons (Fsp3) is 0.632. The van der Waals surface area contributed by atoms with Gasteiger partial charge in [0.25, 0.3) is 0 Å². The SMILES string of the molecule is NC(=O)CCC(NC(=O)C(CCC(=O)O)NC(=O)C(CCCN=C(N)N)NC(=O)C(N)CS)C(=O)O. The molecule has 16 nitrogen and oxygen atoms in total. The Labute approximate surface area is 212 Å². The molecule has 0 aromatic carbocycles. The number of rotatable bonds is 18. The lowest BCUT2D eigenvalue weighted by Gasteiger charge is -2.25. The molecule has 0 aliphatic rings. The predicted octanol–water partition coefficient (Wildman–Crippen LogP) is -4.03. The van der Waals surface area contributed by atoms with E-state index in [-0.39, 0.29) is 50.4 Å². The van der Waals surface area contributed by atoms with Crippen molar-refractivity contribution in [3.63, 3.8) is 0 Å². The molecule has 13 N–H and O–H groups in total. The molecule has 0 spiro atoms. The van der Waals surface area contributed by atoms with Gasteiger partial charge in [-0.05, 0) is 25.7 Å². The molecule has 0 radical (unpaired) electrons. The first kappa shape index (κ1) is 32.4. The van der Waals surface area contributed by atoms with Crippen molar-refractivity contribution in [1.82, 2.24) is 16.0 Å². The van der Waals surface area contributed by atoms with Crippen molar-refractivity contribution in [2.75, 3.05) is 12.3 Å². The molecule has 0 fully saturated rings. The summed E-state index contributed by atoms with van der Waals surface area (Å²) in [5, 5.41) is 25.2. The molecule has 204 valence electrons. The molecule has 0 saturated carbocycles. The van der Waals surface area contributed by atoms with Crippen LogP contribution in [-0.2, 0) is 28.8 Å². The second-order valence-electron chi connectivity index (χ2n) is 7.70. The van der Waals surface area contributed by atoms with Gasteiger partial charge in [-0.1, -0.05) is 0 Å². The topological polar surface area (TPSA) is 295 Å². The lowest BCUT2D eigenvalue weighted by Crippen LogP contribution is -2.57. The Bertz CT molecular complexity index is 836. The number of hydrogen-bond acceptors (Lipinski definition) is 9. The molecule has 0 heterocycles. The van der Waals surface area contributed by atoms with E-state index in [9.17, 15) is 33.9 Å². The lowest BCUT2D eigenvalue weighted by atomic mass is 10.1. The number of carboxylic acids is 2. The van der Waals surface area contributed by atoms with E-state index < -0.39 is 66.2 Å². The average molecular weight is 535 g/mol. The standard InChI is InChI=1S/C19H34N8O8S/c20-9(8-36)15(31)25-10(2-1-7-24-19(22)23)16(32)26-11(4-6-14(29)30)17(33)27-12(18(34)35)3-5-13(21)28/h9-12,36H,1-8,20H2,(H2,21,28)(H,25,31)(H,26,32)(H,27,33)(H,29,30)(H,34,35)(H4,22,23,24). The first-order valence-corrected chi connectivity index (χ1v) is 11.5. The maximum atomic E-state index is 12.9. The summed E-state index contributed by atoms with van der Waals surface area (Å²) < 4.78 is 0. The number of thiol groups is 1. The third-order valence-electron chi connectivity index (χ3n) is 4.69. The molecule has 17 heteroatoms. The predicted molar refractivity (Wildman–Crippen MR) is 130 cm³/mol. The van der Waals surface area contributed by atoms with Crippen molar-refractivity contribution in [3.8, 4) is 0 Å². The zero-order valence-corrected chi connectivity index (χ0v) is 20.4. The lowest BCUT2D eigenvalue weighted by molar-refractivity contribution is -0.143. The Morgan fingerprint density at radius 1 is 0.778 bits per heavy atom. The number of primary amides is 1. The Morgan fingerprint density at radius 3 is 1.75 bits per heavy atom. The highest BCUT2D eigenvalue weighted by Crippen LogP contribution is 2.06. The number of hydrogen-bond donors (Lipinski definition) is 10. The van der Waals surface area contributed by atoms with Gasteiger partial charge in [-0.25, -0.2) is 4.79 Å². The minimum absolute atomic E-state index is 0.0142. The smallest absolute Gasteiger partial charge is 0.326 e. The number of carbonyl (C=O) groups excluding carboxylic acids is 4. The van der Waals surface area contributed by atoms with E-state index in [1.54, 1.807) is 0 Å². The molecule has 0 bridgehead atoms. The molecule has 0 aliphatic heterocycles. The largest absolute Gasteiger partial charge is 0.481 e. The summed E-state index contributed by atoms with van der Waals surface area (Å²) >= 11 is 3.93. The number of nitrogens with zero attached hydrogens (tertiary/aromatic N) is 1. The van der Waals surface area contributed by atoms with E-state index in [2.05, 4.69) is 33.6 Å². The molecular weight excluding hydrogens is 500 g/mol. The Morgan fingerprint density at radius 2 is 1.28 bits per heavy atom. The van der Waals surface area contributed by atoms with E-state index >= 15 is 0 Å². The summed E-state index contributed by atoms with van der Waals surface area (Å²) in [6.45, 7) is 0.129. The van der Waals surface area contributed by atoms with Crippen molar-refractivity contribution in [1.29, 1.82) is 0 Å². The molecule has 0 aliphatic carbocycles. The van der Waals surface area contributed by atoms with Gasteiger partial charge in [-0.15, -0.1) is 0 Å². The van der Waals surface area contributed by atoms with Crippen LogP contribution in [0.15, 0.2) is 4.99 Å². The Kier molecular flexibility index (Phi) is 15.2. The monoisotopic (exact) mass is 534 g/mol. The second kappa shape index (κ2) is 16.9. The van der Waals surface area contributed by atoms with Crippen LogP contribution in [0.2, 0.25) is 0 Å². The van der Waals surface area contributed by atoms with Crippen molar-refractivity contribution in [2.45, 2.75) is 62.7 Å². The number of amides is 4. The number of nitrogens with one attached hydrogen (secondary N) is 3. The third kappa shape index (κ3) is 14.0. The van der Waals surface area contributed by atoms with Gasteiger partial charge in [-0.3, -0.25) is 29.0 Å². The van der Waals surface area contributed by atoms with Crippen molar-refractivity contribution >= 4 is 54.2 Å². The van der Waals surface area contributed by atoms with E-state index in [1.807, 2.05) is 0 Å². The molecule has 0 saturated heterocycles. The summed E-state index contributed by atoms with van der Waals surface area (Å²) in [7, 11) is 0. The van der Waals surface area contributed by atoms with Gasteiger partial charge < -0.3 is 49.1 Å². The molecule has 4 amide bonds. The molecule has 0 aromatic heterocycles.